The summed E-state index contributed by atoms with van der Waals surface area (Å²) >= 11 is 4.91. The lowest BCUT2D eigenvalue weighted by Crippen LogP contribution is -2.28. The van der Waals surface area contributed by atoms with E-state index in [2.05, 4.69) is 16.8 Å². The van der Waals surface area contributed by atoms with Gasteiger partial charge in [-0.15, -0.1) is 0 Å². The van der Waals surface area contributed by atoms with Crippen LogP contribution in [0.15, 0.2) is 18.2 Å². The number of hydrogen-bond donors (Lipinski definition) is 1. The van der Waals surface area contributed by atoms with Gasteiger partial charge in [-0.3, -0.25) is 4.90 Å². The van der Waals surface area contributed by atoms with E-state index in [0.29, 0.717) is 5.56 Å². The molecule has 1 aromatic rings. The molecule has 104 valence electrons. The number of nitrogens with two attached hydrogens (primary N) is 1. The molecule has 1 fully saturated rings. The smallest absolute Gasteiger partial charge is 0.124 e. The number of hydrogen-bond acceptors (Lipinski definition) is 3. The van der Waals surface area contributed by atoms with Gasteiger partial charge in [0.1, 0.15) is 10.8 Å². The summed E-state index contributed by atoms with van der Waals surface area (Å²) in [4.78, 5) is 4.92. The van der Waals surface area contributed by atoms with Gasteiger partial charge in [0.25, 0.3) is 0 Å². The van der Waals surface area contributed by atoms with Crippen LogP contribution in [-0.2, 0) is 6.54 Å². The Morgan fingerprint density at radius 3 is 2.79 bits per heavy atom. The van der Waals surface area contributed by atoms with Crippen molar-refractivity contribution in [1.82, 2.24) is 9.80 Å². The fraction of sp³-hybridized carbons (Fsp3) is 0.500. The van der Waals surface area contributed by atoms with Gasteiger partial charge in [-0.05, 0) is 50.3 Å². The Hall–Kier alpha value is -1.04. The first-order valence-electron chi connectivity index (χ1n) is 6.55. The molecule has 19 heavy (non-hydrogen) atoms. The van der Waals surface area contributed by atoms with Crippen LogP contribution in [0.3, 0.4) is 0 Å². The molecule has 0 amide bonds. The van der Waals surface area contributed by atoms with Gasteiger partial charge in [-0.2, -0.15) is 0 Å². The van der Waals surface area contributed by atoms with Crippen LogP contribution in [0.4, 0.5) is 4.39 Å². The van der Waals surface area contributed by atoms with Crippen molar-refractivity contribution in [2.75, 3.05) is 33.2 Å². The Kier molecular flexibility index (Phi) is 4.85. The average Bonchev–Trinajstić information content (AvgIpc) is 2.54. The Balaban J connectivity index is 2.07. The lowest BCUT2D eigenvalue weighted by molar-refractivity contribution is 0.269. The Labute approximate surface area is 119 Å². The molecule has 0 radical (unpaired) electrons. The number of nitrogens with zero attached hydrogens (tertiary/aromatic N) is 2. The van der Waals surface area contributed by atoms with Crippen LogP contribution in [0.1, 0.15) is 17.5 Å². The highest BCUT2D eigenvalue weighted by molar-refractivity contribution is 7.80. The number of halogens is 1. The lowest BCUT2D eigenvalue weighted by atomic mass is 10.1. The van der Waals surface area contributed by atoms with Crippen molar-refractivity contribution in [2.24, 2.45) is 5.73 Å². The molecule has 0 aliphatic carbocycles. The molecule has 0 atom stereocenters. The van der Waals surface area contributed by atoms with Crippen molar-refractivity contribution in [3.8, 4) is 0 Å². The van der Waals surface area contributed by atoms with Gasteiger partial charge in [0.05, 0.1) is 0 Å². The number of rotatable bonds is 3. The summed E-state index contributed by atoms with van der Waals surface area (Å²) in [6, 6.07) is 4.85. The van der Waals surface area contributed by atoms with Crippen molar-refractivity contribution >= 4 is 17.2 Å². The molecule has 0 unspecified atom stereocenters. The quantitative estimate of drug-likeness (QED) is 0.853. The monoisotopic (exact) mass is 281 g/mol. The standard InChI is InChI=1S/C14H20FN3S/c1-17-3-2-4-18(6-5-17)10-11-7-12(14(16)19)9-13(15)8-11/h7-9H,2-6,10H2,1H3,(H2,16,19). The topological polar surface area (TPSA) is 32.5 Å². The molecule has 1 heterocycles. The zero-order valence-corrected chi connectivity index (χ0v) is 12.0. The summed E-state index contributed by atoms with van der Waals surface area (Å²) in [6.07, 6.45) is 1.15. The van der Waals surface area contributed by atoms with E-state index in [1.165, 1.54) is 6.07 Å². The van der Waals surface area contributed by atoms with Gasteiger partial charge in [0, 0.05) is 25.2 Å². The molecule has 0 spiro atoms. The molecular formula is C14H20FN3S. The highest BCUT2D eigenvalue weighted by atomic mass is 32.1. The second-order valence-electron chi connectivity index (χ2n) is 5.15. The molecule has 0 aromatic heterocycles. The summed E-state index contributed by atoms with van der Waals surface area (Å²) in [5.41, 5.74) is 7.12. The molecule has 1 aromatic carbocycles. The third kappa shape index (κ3) is 4.23. The summed E-state index contributed by atoms with van der Waals surface area (Å²) in [5, 5.41) is 0. The predicted octanol–water partition coefficient (Wildman–Crippen LogP) is 1.60. The van der Waals surface area contributed by atoms with E-state index < -0.39 is 0 Å². The number of benzene rings is 1. The van der Waals surface area contributed by atoms with Crippen molar-refractivity contribution in [3.63, 3.8) is 0 Å². The highest BCUT2D eigenvalue weighted by Gasteiger charge is 2.13. The first kappa shape index (κ1) is 14.4. The zero-order chi connectivity index (χ0) is 13.8. The zero-order valence-electron chi connectivity index (χ0n) is 11.2. The van der Waals surface area contributed by atoms with E-state index in [0.717, 1.165) is 44.7 Å². The number of thiocarbonyl (C=S) groups is 1. The van der Waals surface area contributed by atoms with E-state index in [1.54, 1.807) is 6.07 Å². The minimum absolute atomic E-state index is 0.247. The van der Waals surface area contributed by atoms with E-state index in [-0.39, 0.29) is 10.8 Å². The molecule has 3 nitrogen and oxygen atoms in total. The van der Waals surface area contributed by atoms with Gasteiger partial charge in [0.15, 0.2) is 0 Å². The third-order valence-electron chi connectivity index (χ3n) is 3.46. The maximum absolute atomic E-state index is 13.5. The average molecular weight is 281 g/mol. The van der Waals surface area contributed by atoms with Gasteiger partial charge in [0.2, 0.25) is 0 Å². The van der Waals surface area contributed by atoms with Crippen LogP contribution >= 0.6 is 12.2 Å². The molecule has 0 bridgehead atoms. The molecule has 2 rings (SSSR count). The van der Waals surface area contributed by atoms with E-state index >= 15 is 0 Å². The summed E-state index contributed by atoms with van der Waals surface area (Å²) in [5.74, 6) is -0.271. The first-order valence-corrected chi connectivity index (χ1v) is 6.95. The molecule has 2 N–H and O–H groups in total. The molecule has 5 heteroatoms. The maximum atomic E-state index is 13.5. The minimum Gasteiger partial charge on any atom is -0.389 e. The molecule has 1 saturated heterocycles. The van der Waals surface area contributed by atoms with Crippen molar-refractivity contribution in [3.05, 3.63) is 35.1 Å². The van der Waals surface area contributed by atoms with Crippen molar-refractivity contribution in [2.45, 2.75) is 13.0 Å². The van der Waals surface area contributed by atoms with Crippen LogP contribution in [0.2, 0.25) is 0 Å². The van der Waals surface area contributed by atoms with Gasteiger partial charge in [-0.1, -0.05) is 12.2 Å². The van der Waals surface area contributed by atoms with Gasteiger partial charge >= 0.3 is 0 Å². The fourth-order valence-corrected chi connectivity index (χ4v) is 2.52. The summed E-state index contributed by atoms with van der Waals surface area (Å²) in [7, 11) is 2.14. The van der Waals surface area contributed by atoms with Crippen LogP contribution in [0, 0.1) is 5.82 Å². The van der Waals surface area contributed by atoms with E-state index in [1.807, 2.05) is 6.07 Å². The second-order valence-corrected chi connectivity index (χ2v) is 5.59. The largest absolute Gasteiger partial charge is 0.389 e. The van der Waals surface area contributed by atoms with Gasteiger partial charge < -0.3 is 10.6 Å². The molecule has 1 aliphatic rings. The second kappa shape index (κ2) is 6.41. The van der Waals surface area contributed by atoms with Crippen molar-refractivity contribution in [1.29, 1.82) is 0 Å². The van der Waals surface area contributed by atoms with E-state index in [9.17, 15) is 4.39 Å². The minimum atomic E-state index is -0.271. The van der Waals surface area contributed by atoms with Crippen LogP contribution in [0.5, 0.6) is 0 Å². The van der Waals surface area contributed by atoms with Gasteiger partial charge in [-0.25, -0.2) is 4.39 Å². The summed E-state index contributed by atoms with van der Waals surface area (Å²) < 4.78 is 13.5. The molecule has 1 aliphatic heterocycles. The highest BCUT2D eigenvalue weighted by Crippen LogP contribution is 2.13. The maximum Gasteiger partial charge on any atom is 0.124 e. The predicted molar refractivity (Wildman–Crippen MR) is 79.7 cm³/mol. The Morgan fingerprint density at radius 1 is 1.26 bits per heavy atom. The number of likely N-dealkylation sites (N-methyl/N-ethyl adjacent to an activating group) is 1. The normalized spacial score (nSPS) is 18.2. The lowest BCUT2D eigenvalue weighted by Gasteiger charge is -2.20. The van der Waals surface area contributed by atoms with Crippen LogP contribution < -0.4 is 5.73 Å². The van der Waals surface area contributed by atoms with Crippen molar-refractivity contribution < 1.29 is 4.39 Å². The summed E-state index contributed by atoms with van der Waals surface area (Å²) in [6.45, 7) is 4.98. The Bertz CT molecular complexity index is 464. The molecule has 0 saturated carbocycles. The SMILES string of the molecule is CN1CCCN(Cc2cc(F)cc(C(N)=S)c2)CC1. The van der Waals surface area contributed by atoms with Crippen LogP contribution in [0.25, 0.3) is 0 Å². The van der Waals surface area contributed by atoms with E-state index in [4.69, 9.17) is 18.0 Å². The van der Waals surface area contributed by atoms with Crippen LogP contribution in [-0.4, -0.2) is 48.0 Å². The first-order chi connectivity index (χ1) is 9.04. The Morgan fingerprint density at radius 2 is 2.05 bits per heavy atom. The fourth-order valence-electron chi connectivity index (χ4n) is 2.40. The molecular weight excluding hydrogens is 261 g/mol. The third-order valence-corrected chi connectivity index (χ3v) is 3.70.